The highest BCUT2D eigenvalue weighted by molar-refractivity contribution is 6.00. The van der Waals surface area contributed by atoms with E-state index >= 15 is 0 Å². The second-order valence-electron chi connectivity index (χ2n) is 17.8. The molecule has 3 aromatic rings. The van der Waals surface area contributed by atoms with E-state index < -0.39 is 5.41 Å². The molecule has 1 aliphatic carbocycles. The number of hydrogen-bond donors (Lipinski definition) is 0. The van der Waals surface area contributed by atoms with E-state index in [1.54, 1.807) is 28.4 Å². The van der Waals surface area contributed by atoms with E-state index in [0.717, 1.165) is 90.2 Å². The van der Waals surface area contributed by atoms with Crippen LogP contribution in [0.15, 0.2) is 12.2 Å². The fourth-order valence-corrected chi connectivity index (χ4v) is 10.7. The van der Waals surface area contributed by atoms with Gasteiger partial charge in [0.05, 0.1) is 28.4 Å². The van der Waals surface area contributed by atoms with Gasteiger partial charge < -0.3 is 18.9 Å². The Hall–Kier alpha value is -3.47. The molecule has 1 saturated carbocycles. The third kappa shape index (κ3) is 8.68. The number of carbonyl (C=O) groups is 1. The van der Waals surface area contributed by atoms with Crippen molar-refractivity contribution in [3.8, 4) is 23.0 Å². The zero-order valence-electron chi connectivity index (χ0n) is 38.3. The number of unbranched alkanes of at least 4 members (excludes halogenated alkanes) is 5. The van der Waals surface area contributed by atoms with Gasteiger partial charge in [-0.2, -0.15) is 0 Å². The Morgan fingerprint density at radius 3 is 1.80 bits per heavy atom. The minimum atomic E-state index is -0.392. The number of Topliss-reactive ketones (excluding diaryl/α,β-unsaturated/α-hetero) is 1. The van der Waals surface area contributed by atoms with Crippen molar-refractivity contribution in [2.45, 2.75) is 159 Å². The molecule has 0 aromatic heterocycles. The molecule has 0 heterocycles. The molecule has 3 aromatic carbocycles. The summed E-state index contributed by atoms with van der Waals surface area (Å²) in [5.74, 6) is 5.29. The van der Waals surface area contributed by atoms with Crippen molar-refractivity contribution < 1.29 is 23.7 Å². The van der Waals surface area contributed by atoms with Crippen LogP contribution in [0.3, 0.4) is 0 Å². The monoisotopic (exact) mass is 769 g/mol. The molecule has 310 valence electrons. The van der Waals surface area contributed by atoms with E-state index in [-0.39, 0.29) is 5.92 Å². The maximum Gasteiger partial charge on any atom is 0.164 e. The van der Waals surface area contributed by atoms with Crippen molar-refractivity contribution in [2.24, 2.45) is 23.7 Å². The minimum absolute atomic E-state index is 0.177. The predicted molar refractivity (Wildman–Crippen MR) is 237 cm³/mol. The van der Waals surface area contributed by atoms with Gasteiger partial charge in [0, 0.05) is 28.9 Å². The number of benzene rings is 3. The topological polar surface area (TPSA) is 54.0 Å². The Morgan fingerprint density at radius 1 is 0.661 bits per heavy atom. The number of carbonyl (C=O) groups excluding carboxylic acids is 1. The van der Waals surface area contributed by atoms with Crippen LogP contribution in [0.2, 0.25) is 0 Å². The van der Waals surface area contributed by atoms with Gasteiger partial charge in [-0.1, -0.05) is 85.3 Å². The molecule has 0 aliphatic heterocycles. The number of aryl methyl sites for hydroxylation is 3. The molecule has 5 nitrogen and oxygen atoms in total. The molecule has 56 heavy (non-hydrogen) atoms. The van der Waals surface area contributed by atoms with Gasteiger partial charge in [-0.05, 0) is 147 Å². The first kappa shape index (κ1) is 45.2. The van der Waals surface area contributed by atoms with Gasteiger partial charge in [-0.25, -0.2) is 0 Å². The molecular weight excluding hydrogens is 693 g/mol. The van der Waals surface area contributed by atoms with Crippen LogP contribution in [-0.2, 0) is 16.6 Å². The SMILES string of the molecule is CCCCCC(C)/C=C/C1C(C)CC(=O)C1CCCCCCc1c(C)c(C)c2c(C)c(OC)c(OC)c(C)c2c1C(C)(C)c1c(C)c(C)c(OC)c(OC)c1C. The van der Waals surface area contributed by atoms with Crippen molar-refractivity contribution >= 4 is 16.6 Å². The summed E-state index contributed by atoms with van der Waals surface area (Å²) in [7, 11) is 6.97. The fourth-order valence-electron chi connectivity index (χ4n) is 10.7. The first-order valence-corrected chi connectivity index (χ1v) is 21.7. The first-order valence-electron chi connectivity index (χ1n) is 21.7. The standard InChI is InChI=1S/C51H76O5/c1-17-18-21-24-30(2)27-28-39-31(3)29-42(52)41(39)26-23-20-19-22-25-40-32(4)33(5)43-36(8)48(54-14)49(55-15)37(9)44(43)46(40)51(11,12)45-34(6)35(7)47(53-13)50(56-16)38(45)10/h27-28,30-31,39,41H,17-26,29H2,1-16H3/b28-27+. The molecule has 1 fully saturated rings. The van der Waals surface area contributed by atoms with Gasteiger partial charge in [0.1, 0.15) is 5.78 Å². The van der Waals surface area contributed by atoms with Crippen LogP contribution in [0.4, 0.5) is 0 Å². The highest BCUT2D eigenvalue weighted by Crippen LogP contribution is 2.52. The summed E-state index contributed by atoms with van der Waals surface area (Å²) in [6.45, 7) is 27.2. The number of ether oxygens (including phenoxy) is 4. The average Bonchev–Trinajstić information content (AvgIpc) is 3.43. The van der Waals surface area contributed by atoms with Crippen molar-refractivity contribution in [1.82, 2.24) is 0 Å². The van der Waals surface area contributed by atoms with Crippen molar-refractivity contribution in [2.75, 3.05) is 28.4 Å². The Bertz CT molecular complexity index is 1900. The van der Waals surface area contributed by atoms with Gasteiger partial charge >= 0.3 is 0 Å². The van der Waals surface area contributed by atoms with Crippen molar-refractivity contribution in [3.63, 3.8) is 0 Å². The zero-order valence-corrected chi connectivity index (χ0v) is 38.3. The number of hydrogen-bond acceptors (Lipinski definition) is 5. The fraction of sp³-hybridized carbons (Fsp3) is 0.627. The maximum atomic E-state index is 13.2. The second kappa shape index (κ2) is 19.3. The maximum absolute atomic E-state index is 13.2. The number of rotatable bonds is 19. The summed E-state index contributed by atoms with van der Waals surface area (Å²) in [6.07, 6.45) is 17.1. The lowest BCUT2D eigenvalue weighted by Gasteiger charge is -2.37. The van der Waals surface area contributed by atoms with Crippen LogP contribution < -0.4 is 18.9 Å². The molecule has 1 aliphatic rings. The van der Waals surface area contributed by atoms with E-state index in [0.29, 0.717) is 23.5 Å². The highest BCUT2D eigenvalue weighted by atomic mass is 16.5. The number of methoxy groups -OCH3 is 4. The Balaban J connectivity index is 1.71. The van der Waals surface area contributed by atoms with Crippen LogP contribution in [-0.4, -0.2) is 34.2 Å². The molecule has 4 atom stereocenters. The number of allylic oxidation sites excluding steroid dienone is 2. The molecule has 0 spiro atoms. The highest BCUT2D eigenvalue weighted by Gasteiger charge is 2.39. The van der Waals surface area contributed by atoms with E-state index in [1.807, 2.05) is 0 Å². The van der Waals surface area contributed by atoms with E-state index in [4.69, 9.17) is 18.9 Å². The second-order valence-corrected chi connectivity index (χ2v) is 17.8. The van der Waals surface area contributed by atoms with Crippen LogP contribution in [0.1, 0.15) is 154 Å². The average molecular weight is 769 g/mol. The quantitative estimate of drug-likeness (QED) is 0.0898. The molecule has 0 N–H and O–H groups in total. The summed E-state index contributed by atoms with van der Waals surface area (Å²) in [5.41, 5.74) is 12.0. The summed E-state index contributed by atoms with van der Waals surface area (Å²) >= 11 is 0. The molecule has 0 amide bonds. The zero-order chi connectivity index (χ0) is 41.6. The summed E-state index contributed by atoms with van der Waals surface area (Å²) in [5, 5.41) is 2.52. The smallest absolute Gasteiger partial charge is 0.164 e. The van der Waals surface area contributed by atoms with Crippen LogP contribution >= 0.6 is 0 Å². The normalized spacial score (nSPS) is 18.0. The summed E-state index contributed by atoms with van der Waals surface area (Å²) in [4.78, 5) is 13.2. The third-order valence-corrected chi connectivity index (χ3v) is 13.8. The Kier molecular flexibility index (Phi) is 15.6. The van der Waals surface area contributed by atoms with Gasteiger partial charge in [-0.15, -0.1) is 0 Å². The first-order chi connectivity index (χ1) is 26.5. The summed E-state index contributed by atoms with van der Waals surface area (Å²) < 4.78 is 24.1. The third-order valence-electron chi connectivity index (χ3n) is 13.8. The number of ketones is 1. The lowest BCUT2D eigenvalue weighted by atomic mass is 9.67. The minimum Gasteiger partial charge on any atom is -0.493 e. The molecule has 4 rings (SSSR count). The Morgan fingerprint density at radius 2 is 1.21 bits per heavy atom. The molecule has 5 heteroatoms. The van der Waals surface area contributed by atoms with Crippen LogP contribution in [0, 0.1) is 72.1 Å². The lowest BCUT2D eigenvalue weighted by molar-refractivity contribution is -0.121. The summed E-state index contributed by atoms with van der Waals surface area (Å²) in [6, 6.07) is 0. The predicted octanol–water partition coefficient (Wildman–Crippen LogP) is 13.5. The molecular formula is C51H76O5. The largest absolute Gasteiger partial charge is 0.493 e. The van der Waals surface area contributed by atoms with Crippen LogP contribution in [0.5, 0.6) is 23.0 Å². The van der Waals surface area contributed by atoms with Gasteiger partial charge in [-0.3, -0.25) is 4.79 Å². The van der Waals surface area contributed by atoms with Gasteiger partial charge in [0.15, 0.2) is 23.0 Å². The van der Waals surface area contributed by atoms with Crippen molar-refractivity contribution in [1.29, 1.82) is 0 Å². The molecule has 0 saturated heterocycles. The molecule has 0 bridgehead atoms. The molecule has 4 unspecified atom stereocenters. The lowest BCUT2D eigenvalue weighted by Crippen LogP contribution is -2.26. The van der Waals surface area contributed by atoms with Gasteiger partial charge in [0.2, 0.25) is 0 Å². The van der Waals surface area contributed by atoms with E-state index in [1.165, 1.54) is 69.8 Å². The Labute approximate surface area is 341 Å². The van der Waals surface area contributed by atoms with Crippen molar-refractivity contribution in [3.05, 3.63) is 67.8 Å². The van der Waals surface area contributed by atoms with E-state index in [2.05, 4.69) is 95.2 Å². The van der Waals surface area contributed by atoms with Crippen LogP contribution in [0.25, 0.3) is 10.8 Å². The van der Waals surface area contributed by atoms with E-state index in [9.17, 15) is 4.79 Å². The molecule has 0 radical (unpaired) electrons. The van der Waals surface area contributed by atoms with Gasteiger partial charge in [0.25, 0.3) is 0 Å². The number of fused-ring (bicyclic) bond motifs is 1.